The SMILES string of the molecule is CN1C(=O)[C@@H]2[C@H](Cc3ccccc3)N[C@@]3(C(=O)N(Cc4ccccc4Cl)c4ccccc43)[C@@H]2C1=O. The fourth-order valence-electron chi connectivity index (χ4n) is 6.09. The summed E-state index contributed by atoms with van der Waals surface area (Å²) in [6.07, 6.45) is 0.538. The maximum Gasteiger partial charge on any atom is 0.253 e. The van der Waals surface area contributed by atoms with Crippen LogP contribution in [-0.4, -0.2) is 35.7 Å². The number of para-hydroxylation sites is 1. The predicted octanol–water partition coefficient (Wildman–Crippen LogP) is 3.53. The summed E-state index contributed by atoms with van der Waals surface area (Å²) in [5.41, 5.74) is 2.02. The molecule has 3 aromatic rings. The lowest BCUT2D eigenvalue weighted by Gasteiger charge is -2.30. The van der Waals surface area contributed by atoms with E-state index in [9.17, 15) is 14.4 Å². The van der Waals surface area contributed by atoms with Crippen molar-refractivity contribution in [2.45, 2.75) is 24.5 Å². The molecule has 0 radical (unpaired) electrons. The number of anilines is 1. The van der Waals surface area contributed by atoms with E-state index >= 15 is 0 Å². The van der Waals surface area contributed by atoms with Crippen molar-refractivity contribution < 1.29 is 14.4 Å². The van der Waals surface area contributed by atoms with Gasteiger partial charge in [-0.05, 0) is 29.7 Å². The number of likely N-dealkylation sites (tertiary alicyclic amines) is 1. The lowest BCUT2D eigenvalue weighted by molar-refractivity contribution is -0.141. The molecule has 1 spiro atoms. The molecule has 2 saturated heterocycles. The molecule has 35 heavy (non-hydrogen) atoms. The molecule has 3 aliphatic heterocycles. The van der Waals surface area contributed by atoms with E-state index in [1.165, 1.54) is 11.9 Å². The molecule has 3 amide bonds. The van der Waals surface area contributed by atoms with Gasteiger partial charge in [-0.1, -0.05) is 78.3 Å². The van der Waals surface area contributed by atoms with Crippen molar-refractivity contribution in [3.63, 3.8) is 0 Å². The zero-order valence-electron chi connectivity index (χ0n) is 19.1. The van der Waals surface area contributed by atoms with Gasteiger partial charge in [-0.25, -0.2) is 0 Å². The van der Waals surface area contributed by atoms with Gasteiger partial charge in [0, 0.05) is 29.4 Å². The van der Waals surface area contributed by atoms with Crippen LogP contribution in [0.4, 0.5) is 5.69 Å². The average Bonchev–Trinajstić information content (AvgIpc) is 3.41. The van der Waals surface area contributed by atoms with E-state index in [0.717, 1.165) is 22.4 Å². The Morgan fingerprint density at radius 2 is 1.57 bits per heavy atom. The highest BCUT2D eigenvalue weighted by Crippen LogP contribution is 2.55. The van der Waals surface area contributed by atoms with Gasteiger partial charge in [0.2, 0.25) is 11.8 Å². The normalized spacial score (nSPS) is 27.1. The summed E-state index contributed by atoms with van der Waals surface area (Å²) in [5, 5.41) is 4.12. The van der Waals surface area contributed by atoms with Crippen LogP contribution in [-0.2, 0) is 32.9 Å². The largest absolute Gasteiger partial charge is 0.306 e. The minimum Gasteiger partial charge on any atom is -0.306 e. The molecule has 2 fully saturated rings. The van der Waals surface area contributed by atoms with E-state index < -0.39 is 17.4 Å². The molecule has 7 heteroatoms. The van der Waals surface area contributed by atoms with Gasteiger partial charge >= 0.3 is 0 Å². The predicted molar refractivity (Wildman–Crippen MR) is 133 cm³/mol. The number of halogens is 1. The summed E-state index contributed by atoms with van der Waals surface area (Å²) in [5.74, 6) is -2.20. The first kappa shape index (κ1) is 22.0. The van der Waals surface area contributed by atoms with Gasteiger partial charge < -0.3 is 4.90 Å². The fraction of sp³-hybridized carbons (Fsp3) is 0.250. The van der Waals surface area contributed by atoms with Crippen LogP contribution < -0.4 is 10.2 Å². The van der Waals surface area contributed by atoms with Gasteiger partial charge in [-0.15, -0.1) is 0 Å². The van der Waals surface area contributed by atoms with Crippen LogP contribution in [0.1, 0.15) is 16.7 Å². The molecule has 0 bridgehead atoms. The number of nitrogens with one attached hydrogen (secondary N) is 1. The minimum atomic E-state index is -1.31. The van der Waals surface area contributed by atoms with Gasteiger partial charge in [0.1, 0.15) is 5.54 Å². The zero-order chi connectivity index (χ0) is 24.3. The lowest BCUT2D eigenvalue weighted by Crippen LogP contribution is -2.55. The number of rotatable bonds is 4. The van der Waals surface area contributed by atoms with Crippen molar-refractivity contribution in [3.8, 4) is 0 Å². The first-order valence-electron chi connectivity index (χ1n) is 11.7. The van der Waals surface area contributed by atoms with Gasteiger partial charge in [0.15, 0.2) is 0 Å². The number of carbonyl (C=O) groups is 3. The van der Waals surface area contributed by atoms with Crippen LogP contribution >= 0.6 is 11.6 Å². The monoisotopic (exact) mass is 485 g/mol. The van der Waals surface area contributed by atoms with Crippen LogP contribution in [0.2, 0.25) is 5.02 Å². The van der Waals surface area contributed by atoms with Crippen molar-refractivity contribution in [2.24, 2.45) is 11.8 Å². The minimum absolute atomic E-state index is 0.222. The van der Waals surface area contributed by atoms with E-state index in [-0.39, 0.29) is 30.3 Å². The first-order chi connectivity index (χ1) is 16.9. The van der Waals surface area contributed by atoms with E-state index in [4.69, 9.17) is 11.6 Å². The number of hydrogen-bond acceptors (Lipinski definition) is 4. The highest BCUT2D eigenvalue weighted by atomic mass is 35.5. The molecule has 0 unspecified atom stereocenters. The number of nitrogens with zero attached hydrogens (tertiary/aromatic N) is 2. The summed E-state index contributed by atoms with van der Waals surface area (Å²) in [6, 6.07) is 24.5. The van der Waals surface area contributed by atoms with Crippen molar-refractivity contribution in [2.75, 3.05) is 11.9 Å². The Hall–Kier alpha value is -3.48. The molecule has 4 atom stereocenters. The molecule has 1 N–H and O–H groups in total. The van der Waals surface area contributed by atoms with E-state index in [1.54, 1.807) is 11.0 Å². The molecule has 3 heterocycles. The van der Waals surface area contributed by atoms with Crippen LogP contribution in [0.25, 0.3) is 0 Å². The number of imide groups is 1. The van der Waals surface area contributed by atoms with Crippen molar-refractivity contribution in [1.29, 1.82) is 0 Å². The Morgan fingerprint density at radius 3 is 2.34 bits per heavy atom. The maximum absolute atomic E-state index is 14.3. The Morgan fingerprint density at radius 1 is 0.886 bits per heavy atom. The van der Waals surface area contributed by atoms with Gasteiger partial charge in [0.25, 0.3) is 5.91 Å². The van der Waals surface area contributed by atoms with Crippen molar-refractivity contribution >= 4 is 35.0 Å². The average molecular weight is 486 g/mol. The number of amides is 3. The number of hydrogen-bond donors (Lipinski definition) is 1. The standard InChI is InChI=1S/C28H24ClN3O3/c1-31-25(33)23-21(15-17-9-3-2-4-10-17)30-28(24(23)26(31)34)19-12-6-8-14-22(19)32(27(28)35)16-18-11-5-7-13-20(18)29/h2-14,21,23-24,30H,15-16H2,1H3/t21-,23+,24-,28+/m0/s1. The quantitative estimate of drug-likeness (QED) is 0.574. The smallest absolute Gasteiger partial charge is 0.253 e. The second-order valence-corrected chi connectivity index (χ2v) is 9.89. The first-order valence-corrected chi connectivity index (χ1v) is 12.1. The summed E-state index contributed by atoms with van der Waals surface area (Å²) in [6.45, 7) is 0.275. The van der Waals surface area contributed by atoms with Crippen LogP contribution in [0.5, 0.6) is 0 Å². The number of fused-ring (bicyclic) bond motifs is 4. The topological polar surface area (TPSA) is 69.7 Å². The third kappa shape index (κ3) is 3.10. The van der Waals surface area contributed by atoms with Crippen molar-refractivity contribution in [1.82, 2.24) is 10.2 Å². The van der Waals surface area contributed by atoms with Crippen LogP contribution in [0, 0.1) is 11.8 Å². The van der Waals surface area contributed by atoms with Crippen LogP contribution in [0.15, 0.2) is 78.9 Å². The molecule has 3 aliphatic rings. The summed E-state index contributed by atoms with van der Waals surface area (Å²) in [4.78, 5) is 44.0. The molecule has 3 aromatic carbocycles. The molecule has 0 aliphatic carbocycles. The molecule has 6 rings (SSSR count). The summed E-state index contributed by atoms with van der Waals surface area (Å²) in [7, 11) is 1.52. The van der Waals surface area contributed by atoms with Gasteiger partial charge in [-0.2, -0.15) is 0 Å². The number of benzene rings is 3. The second-order valence-electron chi connectivity index (χ2n) is 9.49. The molecule has 0 saturated carbocycles. The summed E-state index contributed by atoms with van der Waals surface area (Å²) < 4.78 is 0. The molecular weight excluding hydrogens is 462 g/mol. The third-order valence-corrected chi connectivity index (χ3v) is 8.04. The Labute approximate surface area is 208 Å². The Kier molecular flexibility index (Phi) is 5.06. The Bertz CT molecular complexity index is 1360. The number of carbonyl (C=O) groups excluding carboxylic acids is 3. The van der Waals surface area contributed by atoms with Gasteiger partial charge in [-0.3, -0.25) is 24.6 Å². The van der Waals surface area contributed by atoms with E-state index in [2.05, 4.69) is 5.32 Å². The van der Waals surface area contributed by atoms with E-state index in [1.807, 2.05) is 72.8 Å². The highest BCUT2D eigenvalue weighted by molar-refractivity contribution is 6.31. The van der Waals surface area contributed by atoms with Crippen LogP contribution in [0.3, 0.4) is 0 Å². The highest BCUT2D eigenvalue weighted by Gasteiger charge is 2.71. The van der Waals surface area contributed by atoms with Crippen molar-refractivity contribution in [3.05, 3.63) is 101 Å². The molecular formula is C28H24ClN3O3. The third-order valence-electron chi connectivity index (χ3n) is 7.67. The van der Waals surface area contributed by atoms with Gasteiger partial charge in [0.05, 0.1) is 18.4 Å². The summed E-state index contributed by atoms with van der Waals surface area (Å²) >= 11 is 6.43. The second kappa shape index (κ2) is 8.04. The Balaban J connectivity index is 1.47. The zero-order valence-corrected chi connectivity index (χ0v) is 19.9. The molecule has 6 nitrogen and oxygen atoms in total. The lowest BCUT2D eigenvalue weighted by atomic mass is 9.76. The maximum atomic E-state index is 14.3. The van der Waals surface area contributed by atoms with E-state index in [0.29, 0.717) is 11.4 Å². The molecule has 176 valence electrons. The fourth-order valence-corrected chi connectivity index (χ4v) is 6.28. The molecule has 0 aromatic heterocycles.